The molecular formula is C27H34N4O3S. The molecule has 0 saturated heterocycles. The van der Waals surface area contributed by atoms with Crippen LogP contribution in [0.15, 0.2) is 53.4 Å². The Bertz CT molecular complexity index is 1290. The van der Waals surface area contributed by atoms with Crippen molar-refractivity contribution in [2.45, 2.75) is 81.2 Å². The zero-order chi connectivity index (χ0) is 24.4. The Hall–Kier alpha value is -2.71. The third-order valence-electron chi connectivity index (χ3n) is 7.63. The molecule has 3 aromatic rings. The minimum Gasteiger partial charge on any atom is -0.352 e. The van der Waals surface area contributed by atoms with Gasteiger partial charge in [-0.05, 0) is 68.0 Å². The molecular weight excluding hydrogens is 460 g/mol. The fraction of sp³-hybridized carbons (Fsp3) is 0.481. The van der Waals surface area contributed by atoms with Crippen molar-refractivity contribution in [1.82, 2.24) is 14.9 Å². The van der Waals surface area contributed by atoms with Crippen LogP contribution in [-0.4, -0.2) is 29.9 Å². The SMILES string of the molecule is NS(=O)(=O)c1ccc(-c2nc3ccccc3n2C(C(=O)NC2CCCCC2)C2CCCCC2)cc1. The largest absolute Gasteiger partial charge is 0.352 e. The molecule has 1 unspecified atom stereocenters. The van der Waals surface area contributed by atoms with Gasteiger partial charge in [-0.3, -0.25) is 4.79 Å². The van der Waals surface area contributed by atoms with Crippen molar-refractivity contribution in [3.63, 3.8) is 0 Å². The molecule has 8 heteroatoms. The molecule has 186 valence electrons. The van der Waals surface area contributed by atoms with Crippen LogP contribution < -0.4 is 10.5 Å². The second kappa shape index (κ2) is 10.1. The van der Waals surface area contributed by atoms with Crippen LogP contribution in [0, 0.1) is 5.92 Å². The molecule has 1 aromatic heterocycles. The molecule has 3 N–H and O–H groups in total. The predicted molar refractivity (Wildman–Crippen MR) is 137 cm³/mol. The van der Waals surface area contributed by atoms with E-state index in [2.05, 4.69) is 9.88 Å². The van der Waals surface area contributed by atoms with Crippen LogP contribution in [0.5, 0.6) is 0 Å². The standard InChI is InChI=1S/C27H34N4O3S/c28-35(33,34)22-17-15-20(16-18-22)26-30-23-13-7-8-14-24(23)31(26)25(19-9-3-1-4-10-19)27(32)29-21-11-5-2-6-12-21/h7-8,13-19,21,25H,1-6,9-12H2,(H,29,32)(H2,28,33,34). The number of sulfonamides is 1. The summed E-state index contributed by atoms with van der Waals surface area (Å²) in [5.41, 5.74) is 2.51. The van der Waals surface area contributed by atoms with Crippen molar-refractivity contribution < 1.29 is 13.2 Å². The summed E-state index contributed by atoms with van der Waals surface area (Å²) >= 11 is 0. The Kier molecular flexibility index (Phi) is 6.93. The van der Waals surface area contributed by atoms with Gasteiger partial charge in [-0.2, -0.15) is 0 Å². The quantitative estimate of drug-likeness (QED) is 0.507. The number of carbonyl (C=O) groups excluding carboxylic acids is 1. The lowest BCUT2D eigenvalue weighted by atomic mass is 9.82. The summed E-state index contributed by atoms with van der Waals surface area (Å²) in [5.74, 6) is 0.989. The van der Waals surface area contributed by atoms with Gasteiger partial charge in [0.1, 0.15) is 11.9 Å². The molecule has 2 aliphatic carbocycles. The van der Waals surface area contributed by atoms with Crippen LogP contribution in [0.3, 0.4) is 0 Å². The number of nitrogens with two attached hydrogens (primary N) is 1. The van der Waals surface area contributed by atoms with Gasteiger partial charge < -0.3 is 9.88 Å². The van der Waals surface area contributed by atoms with Gasteiger partial charge in [0.2, 0.25) is 15.9 Å². The number of carbonyl (C=O) groups is 1. The molecule has 0 radical (unpaired) electrons. The molecule has 1 amide bonds. The van der Waals surface area contributed by atoms with E-state index in [1.807, 2.05) is 24.3 Å². The van der Waals surface area contributed by atoms with Crippen molar-refractivity contribution in [1.29, 1.82) is 0 Å². The normalized spacial score (nSPS) is 19.0. The van der Waals surface area contributed by atoms with Crippen molar-refractivity contribution in [2.24, 2.45) is 11.1 Å². The van der Waals surface area contributed by atoms with E-state index >= 15 is 0 Å². The van der Waals surface area contributed by atoms with Crippen molar-refractivity contribution in [3.8, 4) is 11.4 Å². The van der Waals surface area contributed by atoms with Gasteiger partial charge in [0.05, 0.1) is 15.9 Å². The van der Waals surface area contributed by atoms with E-state index < -0.39 is 10.0 Å². The van der Waals surface area contributed by atoms with E-state index in [1.165, 1.54) is 25.0 Å². The van der Waals surface area contributed by atoms with Crippen LogP contribution in [0.4, 0.5) is 0 Å². The number of fused-ring (bicyclic) bond motifs is 1. The predicted octanol–water partition coefficient (Wildman–Crippen LogP) is 4.92. The molecule has 1 atom stereocenters. The average molecular weight is 495 g/mol. The van der Waals surface area contributed by atoms with E-state index in [4.69, 9.17) is 10.1 Å². The number of primary sulfonamides is 1. The van der Waals surface area contributed by atoms with Gasteiger partial charge in [0.15, 0.2) is 0 Å². The summed E-state index contributed by atoms with van der Waals surface area (Å²) < 4.78 is 25.7. The lowest BCUT2D eigenvalue weighted by Gasteiger charge is -2.33. The Morgan fingerprint density at radius 3 is 2.20 bits per heavy atom. The van der Waals surface area contributed by atoms with Crippen LogP contribution in [-0.2, 0) is 14.8 Å². The second-order valence-electron chi connectivity index (χ2n) is 10.0. The molecule has 7 nitrogen and oxygen atoms in total. The van der Waals surface area contributed by atoms with E-state index in [0.29, 0.717) is 5.82 Å². The smallest absolute Gasteiger partial charge is 0.243 e. The number of para-hydroxylation sites is 2. The highest BCUT2D eigenvalue weighted by atomic mass is 32.2. The van der Waals surface area contributed by atoms with Gasteiger partial charge >= 0.3 is 0 Å². The highest BCUT2D eigenvalue weighted by Gasteiger charge is 2.35. The molecule has 2 saturated carbocycles. The van der Waals surface area contributed by atoms with E-state index in [1.54, 1.807) is 12.1 Å². The number of aromatic nitrogens is 2. The van der Waals surface area contributed by atoms with Crippen LogP contribution in [0.1, 0.15) is 70.3 Å². The first-order chi connectivity index (χ1) is 16.9. The van der Waals surface area contributed by atoms with Crippen LogP contribution in [0.2, 0.25) is 0 Å². The number of amides is 1. The fourth-order valence-corrected chi connectivity index (χ4v) is 6.36. The summed E-state index contributed by atoms with van der Waals surface area (Å²) in [6.07, 6.45) is 11.1. The molecule has 35 heavy (non-hydrogen) atoms. The number of benzene rings is 2. The third kappa shape index (κ3) is 5.14. The maximum absolute atomic E-state index is 14.0. The molecule has 2 aliphatic rings. The Morgan fingerprint density at radius 1 is 0.914 bits per heavy atom. The number of nitrogens with one attached hydrogen (secondary N) is 1. The van der Waals surface area contributed by atoms with E-state index in [0.717, 1.165) is 68.0 Å². The van der Waals surface area contributed by atoms with Gasteiger partial charge in [0.25, 0.3) is 0 Å². The first-order valence-corrected chi connectivity index (χ1v) is 14.4. The minimum absolute atomic E-state index is 0.0581. The number of nitrogens with zero attached hydrogens (tertiary/aromatic N) is 2. The Balaban J connectivity index is 1.61. The first kappa shape index (κ1) is 24.0. The highest BCUT2D eigenvalue weighted by molar-refractivity contribution is 7.89. The molecule has 0 aliphatic heterocycles. The molecule has 1 heterocycles. The molecule has 0 spiro atoms. The fourth-order valence-electron chi connectivity index (χ4n) is 5.85. The zero-order valence-electron chi connectivity index (χ0n) is 20.0. The van der Waals surface area contributed by atoms with Gasteiger partial charge in [-0.25, -0.2) is 18.5 Å². The number of rotatable bonds is 6. The highest BCUT2D eigenvalue weighted by Crippen LogP contribution is 2.38. The monoisotopic (exact) mass is 494 g/mol. The molecule has 5 rings (SSSR count). The lowest BCUT2D eigenvalue weighted by molar-refractivity contribution is -0.127. The lowest BCUT2D eigenvalue weighted by Crippen LogP contribution is -2.43. The number of hydrogen-bond donors (Lipinski definition) is 2. The average Bonchev–Trinajstić information content (AvgIpc) is 3.24. The van der Waals surface area contributed by atoms with E-state index in [9.17, 15) is 13.2 Å². The van der Waals surface area contributed by atoms with Crippen LogP contribution >= 0.6 is 0 Å². The Labute approximate surface area is 207 Å². The minimum atomic E-state index is -3.79. The summed E-state index contributed by atoms with van der Waals surface area (Å²) in [5, 5.41) is 8.70. The number of hydrogen-bond acceptors (Lipinski definition) is 4. The second-order valence-corrected chi connectivity index (χ2v) is 11.6. The van der Waals surface area contributed by atoms with Crippen molar-refractivity contribution >= 4 is 27.0 Å². The van der Waals surface area contributed by atoms with Crippen molar-refractivity contribution in [3.05, 3.63) is 48.5 Å². The maximum atomic E-state index is 14.0. The summed E-state index contributed by atoms with van der Waals surface area (Å²) in [6, 6.07) is 14.3. The third-order valence-corrected chi connectivity index (χ3v) is 8.56. The molecule has 2 aromatic carbocycles. The Morgan fingerprint density at radius 2 is 1.54 bits per heavy atom. The van der Waals surface area contributed by atoms with Gasteiger partial charge in [-0.15, -0.1) is 0 Å². The zero-order valence-corrected chi connectivity index (χ0v) is 20.8. The summed E-state index contributed by atoms with van der Waals surface area (Å²) in [7, 11) is -3.79. The van der Waals surface area contributed by atoms with Gasteiger partial charge in [0, 0.05) is 11.6 Å². The maximum Gasteiger partial charge on any atom is 0.243 e. The van der Waals surface area contributed by atoms with Crippen LogP contribution in [0.25, 0.3) is 22.4 Å². The number of imidazole rings is 1. The first-order valence-electron chi connectivity index (χ1n) is 12.8. The van der Waals surface area contributed by atoms with E-state index in [-0.39, 0.29) is 28.8 Å². The summed E-state index contributed by atoms with van der Waals surface area (Å²) in [4.78, 5) is 18.9. The van der Waals surface area contributed by atoms with Crippen molar-refractivity contribution in [2.75, 3.05) is 0 Å². The molecule has 2 fully saturated rings. The van der Waals surface area contributed by atoms with Gasteiger partial charge in [-0.1, -0.05) is 50.7 Å². The summed E-state index contributed by atoms with van der Waals surface area (Å²) in [6.45, 7) is 0. The topological polar surface area (TPSA) is 107 Å². The molecule has 0 bridgehead atoms.